The number of alkyl halides is 1. The van der Waals surface area contributed by atoms with Gasteiger partial charge in [-0.15, -0.1) is 0 Å². The molecule has 0 saturated carbocycles. The molecule has 3 rings (SSSR count). The smallest absolute Gasteiger partial charge is 0.337 e. The lowest BCUT2D eigenvalue weighted by Gasteiger charge is -2.07. The first-order valence-corrected chi connectivity index (χ1v) is 9.38. The quantitative estimate of drug-likeness (QED) is 0.727. The van der Waals surface area contributed by atoms with Gasteiger partial charge in [0.25, 0.3) is 10.0 Å². The fourth-order valence-electron chi connectivity index (χ4n) is 2.34. The molecule has 140 valence electrons. The van der Waals surface area contributed by atoms with E-state index in [1.807, 2.05) is 20.8 Å². The number of carboxylic acid groups (broad SMARTS) is 1. The monoisotopic (exact) mass is 379 g/mol. The van der Waals surface area contributed by atoms with Crippen molar-refractivity contribution in [3.05, 3.63) is 65.9 Å². The van der Waals surface area contributed by atoms with Crippen molar-refractivity contribution in [2.45, 2.75) is 25.7 Å². The minimum absolute atomic E-state index is 0.0358. The molecule has 0 aliphatic rings. The standard InChI is InChI=1S/C16H13NO4S.C2H6.CH3F/c1-11-6-8-12(9-7-11)22(20,21)17-10-14(16(18)19)13-4-2-3-5-15(13)17;2*1-2/h2-10H,1H3,(H,18,19);1-2H3;1H3. The lowest BCUT2D eigenvalue weighted by Crippen LogP contribution is -2.12. The summed E-state index contributed by atoms with van der Waals surface area (Å²) in [6, 6.07) is 13.0. The number of aryl methyl sites for hydroxylation is 1. The predicted octanol–water partition coefficient (Wildman–Crippen LogP) is 4.50. The van der Waals surface area contributed by atoms with Crippen LogP contribution in [-0.4, -0.2) is 30.6 Å². The van der Waals surface area contributed by atoms with Crippen LogP contribution in [0, 0.1) is 6.92 Å². The van der Waals surface area contributed by atoms with Gasteiger partial charge in [0.1, 0.15) is 0 Å². The zero-order valence-electron chi connectivity index (χ0n) is 15.1. The summed E-state index contributed by atoms with van der Waals surface area (Å²) < 4.78 is 36.1. The first kappa shape index (κ1) is 21.4. The fraction of sp³-hybridized carbons (Fsp3) is 0.211. The van der Waals surface area contributed by atoms with E-state index in [0.29, 0.717) is 18.1 Å². The van der Waals surface area contributed by atoms with E-state index < -0.39 is 16.0 Å². The Morgan fingerprint density at radius 2 is 1.54 bits per heavy atom. The van der Waals surface area contributed by atoms with Gasteiger partial charge in [-0.2, -0.15) is 0 Å². The number of aromatic nitrogens is 1. The van der Waals surface area contributed by atoms with Gasteiger partial charge >= 0.3 is 5.97 Å². The summed E-state index contributed by atoms with van der Waals surface area (Å²) in [7, 11) is -3.34. The molecule has 0 aliphatic heterocycles. The Morgan fingerprint density at radius 3 is 2.08 bits per heavy atom. The number of halogens is 1. The number of benzene rings is 2. The Bertz CT molecular complexity index is 976. The summed E-state index contributed by atoms with van der Waals surface area (Å²) in [4.78, 5) is 11.4. The zero-order valence-corrected chi connectivity index (χ0v) is 15.9. The van der Waals surface area contributed by atoms with Crippen LogP contribution in [0.25, 0.3) is 10.9 Å². The van der Waals surface area contributed by atoms with Crippen molar-refractivity contribution in [2.24, 2.45) is 0 Å². The number of para-hydroxylation sites is 1. The number of carbonyl (C=O) groups is 1. The van der Waals surface area contributed by atoms with E-state index in [0.717, 1.165) is 15.7 Å². The number of fused-ring (bicyclic) bond motifs is 1. The second-order valence-corrected chi connectivity index (χ2v) is 6.79. The molecule has 3 aromatic rings. The van der Waals surface area contributed by atoms with Crippen LogP contribution in [0.5, 0.6) is 0 Å². The van der Waals surface area contributed by atoms with E-state index in [-0.39, 0.29) is 10.5 Å². The molecule has 0 fully saturated rings. The highest BCUT2D eigenvalue weighted by atomic mass is 32.2. The van der Waals surface area contributed by atoms with Crippen LogP contribution >= 0.6 is 0 Å². The van der Waals surface area contributed by atoms with E-state index in [1.165, 1.54) is 12.1 Å². The minimum Gasteiger partial charge on any atom is -0.478 e. The lowest BCUT2D eigenvalue weighted by atomic mass is 10.2. The first-order valence-electron chi connectivity index (χ1n) is 7.94. The summed E-state index contributed by atoms with van der Waals surface area (Å²) in [5.74, 6) is -1.16. The van der Waals surface area contributed by atoms with Crippen LogP contribution in [0.15, 0.2) is 59.6 Å². The highest BCUT2D eigenvalue weighted by Gasteiger charge is 2.23. The summed E-state index contributed by atoms with van der Waals surface area (Å²) in [5, 5.41) is 9.65. The highest BCUT2D eigenvalue weighted by molar-refractivity contribution is 7.90. The van der Waals surface area contributed by atoms with Gasteiger partial charge in [-0.25, -0.2) is 17.2 Å². The second kappa shape index (κ2) is 9.15. The molecule has 5 nitrogen and oxygen atoms in total. The highest BCUT2D eigenvalue weighted by Crippen LogP contribution is 2.26. The minimum atomic E-state index is -3.84. The molecular weight excluding hydrogens is 357 g/mol. The maximum Gasteiger partial charge on any atom is 0.337 e. The zero-order chi connectivity index (χ0) is 19.9. The van der Waals surface area contributed by atoms with Crippen LogP contribution in [0.2, 0.25) is 0 Å². The van der Waals surface area contributed by atoms with Crippen molar-refractivity contribution in [1.29, 1.82) is 0 Å². The fourth-order valence-corrected chi connectivity index (χ4v) is 3.71. The normalized spacial score (nSPS) is 10.3. The molecule has 7 heteroatoms. The van der Waals surface area contributed by atoms with Gasteiger partial charge in [-0.05, 0) is 25.1 Å². The van der Waals surface area contributed by atoms with Crippen LogP contribution in [-0.2, 0) is 10.0 Å². The number of aromatic carboxylic acids is 1. The Kier molecular flexibility index (Phi) is 7.52. The summed E-state index contributed by atoms with van der Waals surface area (Å²) >= 11 is 0. The van der Waals surface area contributed by atoms with Gasteiger partial charge < -0.3 is 5.11 Å². The van der Waals surface area contributed by atoms with Gasteiger partial charge in [0, 0.05) is 11.6 Å². The number of nitrogens with zero attached hydrogens (tertiary/aromatic N) is 1. The summed E-state index contributed by atoms with van der Waals surface area (Å²) in [5.41, 5.74) is 1.26. The Labute approximate surface area is 152 Å². The van der Waals surface area contributed by atoms with Crippen molar-refractivity contribution >= 4 is 26.9 Å². The molecule has 1 N–H and O–H groups in total. The Balaban J connectivity index is 0.000000791. The largest absolute Gasteiger partial charge is 0.478 e. The van der Waals surface area contributed by atoms with E-state index in [1.54, 1.807) is 36.4 Å². The molecule has 0 bridgehead atoms. The molecule has 1 aromatic heterocycles. The summed E-state index contributed by atoms with van der Waals surface area (Å²) in [6.07, 6.45) is 1.15. The molecule has 0 amide bonds. The lowest BCUT2D eigenvalue weighted by molar-refractivity contribution is 0.0699. The molecular formula is C19H22FNO4S. The first-order chi connectivity index (χ1) is 12.4. The van der Waals surface area contributed by atoms with Crippen molar-refractivity contribution in [3.63, 3.8) is 0 Å². The molecule has 2 aromatic carbocycles. The molecule has 0 saturated heterocycles. The molecule has 0 unspecified atom stereocenters. The molecule has 26 heavy (non-hydrogen) atoms. The number of carboxylic acids is 1. The third-order valence-electron chi connectivity index (χ3n) is 3.49. The van der Waals surface area contributed by atoms with E-state index in [9.17, 15) is 22.7 Å². The molecule has 1 heterocycles. The van der Waals surface area contributed by atoms with Crippen LogP contribution in [0.3, 0.4) is 0 Å². The third-order valence-corrected chi connectivity index (χ3v) is 5.17. The van der Waals surface area contributed by atoms with E-state index in [2.05, 4.69) is 0 Å². The molecule has 0 atom stereocenters. The van der Waals surface area contributed by atoms with Gasteiger partial charge in [-0.1, -0.05) is 49.7 Å². The van der Waals surface area contributed by atoms with Gasteiger partial charge in [0.05, 0.1) is 23.2 Å². The number of hydrogen-bond acceptors (Lipinski definition) is 3. The van der Waals surface area contributed by atoms with E-state index in [4.69, 9.17) is 0 Å². The summed E-state index contributed by atoms with van der Waals surface area (Å²) in [6.45, 7) is 5.87. The van der Waals surface area contributed by atoms with Gasteiger partial charge in [-0.3, -0.25) is 4.39 Å². The van der Waals surface area contributed by atoms with Crippen molar-refractivity contribution in [2.75, 3.05) is 7.18 Å². The molecule has 0 aliphatic carbocycles. The topological polar surface area (TPSA) is 76.4 Å². The van der Waals surface area contributed by atoms with Crippen LogP contribution in [0.4, 0.5) is 4.39 Å². The van der Waals surface area contributed by atoms with Gasteiger partial charge in [0.2, 0.25) is 0 Å². The third kappa shape index (κ3) is 4.11. The Hall–Kier alpha value is -2.67. The average Bonchev–Trinajstić information content (AvgIpc) is 3.06. The molecule has 0 spiro atoms. The number of rotatable bonds is 3. The Morgan fingerprint density at radius 1 is 1.00 bits per heavy atom. The SMILES string of the molecule is CC.CF.Cc1ccc(S(=O)(=O)n2cc(C(=O)O)c3ccccc32)cc1. The predicted molar refractivity (Wildman–Crippen MR) is 101 cm³/mol. The maximum atomic E-state index is 12.8. The average molecular weight is 379 g/mol. The van der Waals surface area contributed by atoms with Crippen molar-refractivity contribution < 1.29 is 22.7 Å². The van der Waals surface area contributed by atoms with Crippen molar-refractivity contribution in [1.82, 2.24) is 3.97 Å². The number of hydrogen-bond donors (Lipinski definition) is 1. The van der Waals surface area contributed by atoms with E-state index >= 15 is 0 Å². The maximum absolute atomic E-state index is 12.8. The van der Waals surface area contributed by atoms with Gasteiger partial charge in [0.15, 0.2) is 0 Å². The molecule has 0 radical (unpaired) electrons. The van der Waals surface area contributed by atoms with Crippen LogP contribution < -0.4 is 0 Å². The second-order valence-electron chi connectivity index (χ2n) is 4.98. The van der Waals surface area contributed by atoms with Crippen molar-refractivity contribution in [3.8, 4) is 0 Å². The van der Waals surface area contributed by atoms with Crippen LogP contribution in [0.1, 0.15) is 29.8 Å².